The fourth-order valence-electron chi connectivity index (χ4n) is 0.619. The molecule has 0 N–H and O–H groups in total. The Balaban J connectivity index is 3.21. The number of methoxy groups -OCH3 is 2. The summed E-state index contributed by atoms with van der Waals surface area (Å²) in [6.45, 7) is 3.89. The SMILES string of the molecule is CCOCC(COC)OC. The highest BCUT2D eigenvalue weighted by Gasteiger charge is 2.04. The third-order valence-electron chi connectivity index (χ3n) is 1.19. The van der Waals surface area contributed by atoms with E-state index >= 15 is 0 Å². The highest BCUT2D eigenvalue weighted by molar-refractivity contribution is 4.52. The Kier molecular flexibility index (Phi) is 6.91. The van der Waals surface area contributed by atoms with Gasteiger partial charge in [-0.15, -0.1) is 0 Å². The van der Waals surface area contributed by atoms with E-state index in [4.69, 9.17) is 14.2 Å². The summed E-state index contributed by atoms with van der Waals surface area (Å²) in [6.07, 6.45) is 0.0740. The molecule has 0 saturated heterocycles. The summed E-state index contributed by atoms with van der Waals surface area (Å²) in [4.78, 5) is 0. The van der Waals surface area contributed by atoms with Crippen LogP contribution in [0.1, 0.15) is 6.92 Å². The molecule has 0 heterocycles. The van der Waals surface area contributed by atoms with Crippen molar-refractivity contribution >= 4 is 0 Å². The molecule has 0 saturated carbocycles. The third-order valence-corrected chi connectivity index (χ3v) is 1.19. The van der Waals surface area contributed by atoms with E-state index < -0.39 is 0 Å². The summed E-state index contributed by atoms with van der Waals surface area (Å²) < 4.78 is 15.1. The molecule has 1 unspecified atom stereocenters. The molecule has 3 nitrogen and oxygen atoms in total. The van der Waals surface area contributed by atoms with Crippen molar-refractivity contribution in [1.29, 1.82) is 0 Å². The highest BCUT2D eigenvalue weighted by Crippen LogP contribution is 1.91. The van der Waals surface area contributed by atoms with Crippen molar-refractivity contribution in [1.82, 2.24) is 0 Å². The molecule has 0 bridgehead atoms. The molecule has 0 aromatic heterocycles. The molecule has 3 heteroatoms. The molecule has 0 rings (SSSR count). The van der Waals surface area contributed by atoms with Crippen LogP contribution in [0.15, 0.2) is 0 Å². The predicted molar refractivity (Wildman–Crippen MR) is 39.2 cm³/mol. The Labute approximate surface area is 62.3 Å². The summed E-state index contributed by atoms with van der Waals surface area (Å²) in [6, 6.07) is 0. The molecule has 1 atom stereocenters. The van der Waals surface area contributed by atoms with Crippen LogP contribution >= 0.6 is 0 Å². The monoisotopic (exact) mass is 148 g/mol. The van der Waals surface area contributed by atoms with Crippen molar-refractivity contribution in [3.63, 3.8) is 0 Å². The van der Waals surface area contributed by atoms with E-state index in [0.717, 1.165) is 6.61 Å². The fourth-order valence-corrected chi connectivity index (χ4v) is 0.619. The number of hydrogen-bond acceptors (Lipinski definition) is 3. The van der Waals surface area contributed by atoms with Crippen molar-refractivity contribution in [2.45, 2.75) is 13.0 Å². The molecular weight excluding hydrogens is 132 g/mol. The summed E-state index contributed by atoms with van der Waals surface area (Å²) in [7, 11) is 3.31. The highest BCUT2D eigenvalue weighted by atomic mass is 16.5. The topological polar surface area (TPSA) is 27.7 Å². The zero-order valence-corrected chi connectivity index (χ0v) is 6.92. The van der Waals surface area contributed by atoms with Crippen LogP contribution in [-0.4, -0.2) is 40.1 Å². The standard InChI is InChI=1S/C7H16O3/c1-4-10-6-7(9-3)5-8-2/h7H,4-6H2,1-3H3. The Morgan fingerprint density at radius 3 is 2.30 bits per heavy atom. The predicted octanol–water partition coefficient (Wildman–Crippen LogP) is 0.684. The van der Waals surface area contributed by atoms with Gasteiger partial charge in [0.2, 0.25) is 0 Å². The second-order valence-electron chi connectivity index (χ2n) is 1.97. The van der Waals surface area contributed by atoms with Crippen LogP contribution < -0.4 is 0 Å². The molecule has 0 amide bonds. The van der Waals surface area contributed by atoms with E-state index in [0.29, 0.717) is 13.2 Å². The zero-order valence-electron chi connectivity index (χ0n) is 6.92. The lowest BCUT2D eigenvalue weighted by Gasteiger charge is -2.13. The molecule has 0 aromatic carbocycles. The first-order valence-corrected chi connectivity index (χ1v) is 3.44. The van der Waals surface area contributed by atoms with E-state index in [1.165, 1.54) is 0 Å². The van der Waals surface area contributed by atoms with Gasteiger partial charge in [-0.1, -0.05) is 0 Å². The van der Waals surface area contributed by atoms with Gasteiger partial charge in [0, 0.05) is 20.8 Å². The Bertz CT molecular complexity index is 65.9. The van der Waals surface area contributed by atoms with E-state index in [-0.39, 0.29) is 6.10 Å². The van der Waals surface area contributed by atoms with Crippen molar-refractivity contribution in [2.75, 3.05) is 34.0 Å². The van der Waals surface area contributed by atoms with Crippen LogP contribution in [0, 0.1) is 0 Å². The number of ether oxygens (including phenoxy) is 3. The van der Waals surface area contributed by atoms with Crippen LogP contribution in [0.5, 0.6) is 0 Å². The first-order valence-electron chi connectivity index (χ1n) is 3.44. The van der Waals surface area contributed by atoms with Gasteiger partial charge in [0.1, 0.15) is 6.10 Å². The molecule has 0 spiro atoms. The molecule has 0 aliphatic rings. The molecule has 10 heavy (non-hydrogen) atoms. The molecule has 62 valence electrons. The van der Waals surface area contributed by atoms with Crippen molar-refractivity contribution in [3.8, 4) is 0 Å². The Morgan fingerprint density at radius 1 is 1.20 bits per heavy atom. The van der Waals surface area contributed by atoms with Crippen LogP contribution in [0.4, 0.5) is 0 Å². The second-order valence-corrected chi connectivity index (χ2v) is 1.97. The van der Waals surface area contributed by atoms with Gasteiger partial charge in [0.25, 0.3) is 0 Å². The van der Waals surface area contributed by atoms with E-state index in [9.17, 15) is 0 Å². The van der Waals surface area contributed by atoms with Crippen molar-refractivity contribution in [2.24, 2.45) is 0 Å². The Morgan fingerprint density at radius 2 is 1.90 bits per heavy atom. The Hall–Kier alpha value is -0.120. The minimum absolute atomic E-state index is 0.0740. The molecule has 0 aromatic rings. The van der Waals surface area contributed by atoms with Gasteiger partial charge in [-0.25, -0.2) is 0 Å². The average Bonchev–Trinajstić information content (AvgIpc) is 1.98. The van der Waals surface area contributed by atoms with E-state index in [1.54, 1.807) is 14.2 Å². The minimum atomic E-state index is 0.0740. The van der Waals surface area contributed by atoms with Gasteiger partial charge in [0.05, 0.1) is 13.2 Å². The smallest absolute Gasteiger partial charge is 0.104 e. The van der Waals surface area contributed by atoms with E-state index in [1.807, 2.05) is 6.92 Å². The molecule has 0 radical (unpaired) electrons. The number of hydrogen-bond donors (Lipinski definition) is 0. The van der Waals surface area contributed by atoms with Gasteiger partial charge in [-0.2, -0.15) is 0 Å². The summed E-state index contributed by atoms with van der Waals surface area (Å²) in [5.41, 5.74) is 0. The maximum atomic E-state index is 5.13. The summed E-state index contributed by atoms with van der Waals surface area (Å²) >= 11 is 0. The van der Waals surface area contributed by atoms with E-state index in [2.05, 4.69) is 0 Å². The maximum Gasteiger partial charge on any atom is 0.104 e. The summed E-state index contributed by atoms with van der Waals surface area (Å²) in [5, 5.41) is 0. The number of rotatable bonds is 6. The van der Waals surface area contributed by atoms with Crippen LogP contribution in [0.25, 0.3) is 0 Å². The third kappa shape index (κ3) is 4.73. The lowest BCUT2D eigenvalue weighted by atomic mass is 10.4. The lowest BCUT2D eigenvalue weighted by Crippen LogP contribution is -2.23. The van der Waals surface area contributed by atoms with Gasteiger partial charge in [0.15, 0.2) is 0 Å². The zero-order chi connectivity index (χ0) is 7.82. The molecule has 0 aliphatic heterocycles. The lowest BCUT2D eigenvalue weighted by molar-refractivity contribution is -0.0276. The molecular formula is C7H16O3. The van der Waals surface area contributed by atoms with Crippen LogP contribution in [-0.2, 0) is 14.2 Å². The largest absolute Gasteiger partial charge is 0.382 e. The normalized spacial score (nSPS) is 13.5. The molecule has 0 fully saturated rings. The van der Waals surface area contributed by atoms with Crippen LogP contribution in [0.2, 0.25) is 0 Å². The van der Waals surface area contributed by atoms with Crippen molar-refractivity contribution in [3.05, 3.63) is 0 Å². The quantitative estimate of drug-likeness (QED) is 0.554. The fraction of sp³-hybridized carbons (Fsp3) is 1.00. The first-order chi connectivity index (χ1) is 4.85. The van der Waals surface area contributed by atoms with Gasteiger partial charge in [-0.05, 0) is 6.92 Å². The second kappa shape index (κ2) is 6.99. The van der Waals surface area contributed by atoms with Gasteiger partial charge in [-0.3, -0.25) is 0 Å². The van der Waals surface area contributed by atoms with Gasteiger partial charge < -0.3 is 14.2 Å². The summed E-state index contributed by atoms with van der Waals surface area (Å²) in [5.74, 6) is 0. The minimum Gasteiger partial charge on any atom is -0.382 e. The maximum absolute atomic E-state index is 5.13. The van der Waals surface area contributed by atoms with Gasteiger partial charge >= 0.3 is 0 Å². The average molecular weight is 148 g/mol. The first kappa shape index (κ1) is 9.88. The van der Waals surface area contributed by atoms with Crippen molar-refractivity contribution < 1.29 is 14.2 Å². The van der Waals surface area contributed by atoms with Crippen LogP contribution in [0.3, 0.4) is 0 Å². The molecule has 0 aliphatic carbocycles.